The Labute approximate surface area is 126 Å². The van der Waals surface area contributed by atoms with Crippen molar-refractivity contribution >= 4 is 23.1 Å². The summed E-state index contributed by atoms with van der Waals surface area (Å²) in [5, 5.41) is 2.94. The molecule has 0 radical (unpaired) electrons. The molecule has 0 spiro atoms. The fraction of sp³-hybridized carbons (Fsp3) is 0.867. The van der Waals surface area contributed by atoms with Crippen molar-refractivity contribution in [1.82, 2.24) is 5.32 Å². The Hall–Kier alpha value is -0.680. The van der Waals surface area contributed by atoms with E-state index >= 15 is 0 Å². The van der Waals surface area contributed by atoms with Gasteiger partial charge in [-0.05, 0) is 31.6 Å². The Balaban J connectivity index is 1.68. The molecule has 2 saturated carbocycles. The summed E-state index contributed by atoms with van der Waals surface area (Å²) in [4.78, 5) is 12.6. The van der Waals surface area contributed by atoms with Gasteiger partial charge in [-0.2, -0.15) is 0 Å². The van der Waals surface area contributed by atoms with Crippen molar-refractivity contribution in [3.63, 3.8) is 0 Å². The molecule has 2 aliphatic carbocycles. The maximum absolute atomic E-state index is 12.3. The minimum Gasteiger partial charge on any atom is -0.392 e. The van der Waals surface area contributed by atoms with Crippen LogP contribution in [0.15, 0.2) is 0 Å². The van der Waals surface area contributed by atoms with E-state index in [0.717, 1.165) is 25.7 Å². The zero-order valence-corrected chi connectivity index (χ0v) is 13.1. The highest BCUT2D eigenvalue weighted by molar-refractivity contribution is 7.80. The lowest BCUT2D eigenvalue weighted by molar-refractivity contribution is -0.133. The first kappa shape index (κ1) is 15.7. The van der Waals surface area contributed by atoms with E-state index < -0.39 is 5.41 Å². The van der Waals surface area contributed by atoms with E-state index in [1.54, 1.807) is 0 Å². The van der Waals surface area contributed by atoms with E-state index in [4.69, 9.17) is 22.7 Å². The molecule has 2 rings (SSSR count). The van der Waals surface area contributed by atoms with Crippen molar-refractivity contribution in [3.8, 4) is 0 Å². The Morgan fingerprint density at radius 2 is 2.00 bits per heavy atom. The van der Waals surface area contributed by atoms with Crippen LogP contribution in [-0.4, -0.2) is 30.2 Å². The lowest BCUT2D eigenvalue weighted by Gasteiger charge is -2.44. The number of hydrogen-bond acceptors (Lipinski definition) is 3. The number of carbonyl (C=O) groups excluding carboxylic acids is 1. The summed E-state index contributed by atoms with van der Waals surface area (Å²) in [6.45, 7) is 3.25. The maximum Gasteiger partial charge on any atom is 0.233 e. The summed E-state index contributed by atoms with van der Waals surface area (Å²) in [6, 6.07) is 0. The van der Waals surface area contributed by atoms with Gasteiger partial charge in [0.1, 0.15) is 0 Å². The highest BCUT2D eigenvalue weighted by atomic mass is 32.1. The highest BCUT2D eigenvalue weighted by Gasteiger charge is 2.50. The highest BCUT2D eigenvalue weighted by Crippen LogP contribution is 2.45. The number of hydrogen-bond donors (Lipinski definition) is 2. The molecule has 0 heterocycles. The molecule has 1 amide bonds. The van der Waals surface area contributed by atoms with Crippen LogP contribution in [0.5, 0.6) is 0 Å². The molecular formula is C15H26N2O2S. The molecule has 4 nitrogen and oxygen atoms in total. The number of amides is 1. The van der Waals surface area contributed by atoms with E-state index in [1.807, 2.05) is 0 Å². The first-order chi connectivity index (χ1) is 9.54. The van der Waals surface area contributed by atoms with E-state index in [9.17, 15) is 4.79 Å². The third-order valence-corrected chi connectivity index (χ3v) is 4.98. The second-order valence-corrected chi connectivity index (χ2v) is 6.79. The Morgan fingerprint density at radius 3 is 2.55 bits per heavy atom. The summed E-state index contributed by atoms with van der Waals surface area (Å²) in [5.41, 5.74) is 5.16. The average molecular weight is 298 g/mol. The number of thiocarbonyl (C=S) groups is 1. The van der Waals surface area contributed by atoms with Crippen LogP contribution in [-0.2, 0) is 9.53 Å². The molecular weight excluding hydrogens is 272 g/mol. The van der Waals surface area contributed by atoms with Crippen LogP contribution in [0.2, 0.25) is 0 Å². The van der Waals surface area contributed by atoms with Crippen molar-refractivity contribution in [2.24, 2.45) is 17.1 Å². The van der Waals surface area contributed by atoms with E-state index in [-0.39, 0.29) is 5.91 Å². The van der Waals surface area contributed by atoms with Gasteiger partial charge in [0.15, 0.2) is 0 Å². The van der Waals surface area contributed by atoms with Gasteiger partial charge in [0, 0.05) is 6.54 Å². The summed E-state index contributed by atoms with van der Waals surface area (Å²) in [7, 11) is 0. The molecule has 5 heteroatoms. The molecule has 0 aromatic rings. The van der Waals surface area contributed by atoms with Gasteiger partial charge in [0.25, 0.3) is 0 Å². The molecule has 2 fully saturated rings. The van der Waals surface area contributed by atoms with Crippen LogP contribution >= 0.6 is 12.2 Å². The smallest absolute Gasteiger partial charge is 0.233 e. The van der Waals surface area contributed by atoms with Crippen molar-refractivity contribution in [1.29, 1.82) is 0 Å². The summed E-state index contributed by atoms with van der Waals surface area (Å²) >= 11 is 5.08. The Kier molecular flexibility index (Phi) is 5.38. The standard InChI is InChI=1S/C15H26N2O2S/c1-11-9-15(10-11,13(16)20)14(18)17-7-8-19-12-5-3-2-4-6-12/h11-12H,2-10H2,1H3,(H2,16,20)(H,17,18). The Morgan fingerprint density at radius 1 is 1.35 bits per heavy atom. The van der Waals surface area contributed by atoms with Crippen molar-refractivity contribution in [2.45, 2.75) is 58.0 Å². The van der Waals surface area contributed by atoms with Crippen LogP contribution in [0.4, 0.5) is 0 Å². The van der Waals surface area contributed by atoms with Crippen LogP contribution in [0.3, 0.4) is 0 Å². The van der Waals surface area contributed by atoms with Gasteiger partial charge in [0.2, 0.25) is 5.91 Å². The number of ether oxygens (including phenoxy) is 1. The molecule has 2 aliphatic rings. The monoisotopic (exact) mass is 298 g/mol. The number of rotatable bonds is 6. The Bertz CT molecular complexity index is 361. The molecule has 0 unspecified atom stereocenters. The van der Waals surface area contributed by atoms with Gasteiger partial charge in [-0.3, -0.25) is 4.79 Å². The fourth-order valence-corrected chi connectivity index (χ4v) is 3.68. The maximum atomic E-state index is 12.3. The van der Waals surface area contributed by atoms with Gasteiger partial charge < -0.3 is 15.8 Å². The van der Waals surface area contributed by atoms with Crippen molar-refractivity contribution < 1.29 is 9.53 Å². The second-order valence-electron chi connectivity index (χ2n) is 6.35. The lowest BCUT2D eigenvalue weighted by Crippen LogP contribution is -2.56. The zero-order valence-electron chi connectivity index (χ0n) is 12.3. The first-order valence-electron chi connectivity index (χ1n) is 7.74. The molecule has 0 aliphatic heterocycles. The van der Waals surface area contributed by atoms with Gasteiger partial charge in [0.05, 0.1) is 23.1 Å². The van der Waals surface area contributed by atoms with Crippen LogP contribution < -0.4 is 11.1 Å². The molecule has 20 heavy (non-hydrogen) atoms. The zero-order chi connectivity index (χ0) is 14.6. The first-order valence-corrected chi connectivity index (χ1v) is 8.15. The summed E-state index contributed by atoms with van der Waals surface area (Å²) in [5.74, 6) is 0.510. The quantitative estimate of drug-likeness (QED) is 0.582. The predicted molar refractivity (Wildman–Crippen MR) is 83.5 cm³/mol. The molecule has 0 aromatic carbocycles. The van der Waals surface area contributed by atoms with Crippen LogP contribution in [0, 0.1) is 11.3 Å². The van der Waals surface area contributed by atoms with Gasteiger partial charge in [-0.1, -0.05) is 38.4 Å². The normalized spacial score (nSPS) is 30.6. The summed E-state index contributed by atoms with van der Waals surface area (Å²) in [6.07, 6.45) is 8.10. The predicted octanol–water partition coefficient (Wildman–Crippen LogP) is 2.15. The summed E-state index contributed by atoms with van der Waals surface area (Å²) < 4.78 is 5.80. The number of nitrogens with two attached hydrogens (primary N) is 1. The van der Waals surface area contributed by atoms with E-state index in [0.29, 0.717) is 30.2 Å². The third kappa shape index (κ3) is 3.50. The van der Waals surface area contributed by atoms with E-state index in [1.165, 1.54) is 19.3 Å². The number of carbonyl (C=O) groups is 1. The average Bonchev–Trinajstić information content (AvgIpc) is 2.40. The lowest BCUT2D eigenvalue weighted by atomic mass is 9.62. The number of nitrogens with one attached hydrogen (secondary N) is 1. The minimum absolute atomic E-state index is 0.0182. The minimum atomic E-state index is -0.598. The van der Waals surface area contributed by atoms with Crippen molar-refractivity contribution in [3.05, 3.63) is 0 Å². The fourth-order valence-electron chi connectivity index (χ4n) is 3.42. The van der Waals surface area contributed by atoms with Crippen LogP contribution in [0.1, 0.15) is 51.9 Å². The molecule has 0 atom stereocenters. The molecule has 0 saturated heterocycles. The molecule has 0 bridgehead atoms. The molecule has 114 valence electrons. The van der Waals surface area contributed by atoms with Crippen molar-refractivity contribution in [2.75, 3.05) is 13.2 Å². The largest absolute Gasteiger partial charge is 0.392 e. The van der Waals surface area contributed by atoms with Gasteiger partial charge >= 0.3 is 0 Å². The second kappa shape index (κ2) is 6.85. The van der Waals surface area contributed by atoms with Gasteiger partial charge in [-0.15, -0.1) is 0 Å². The van der Waals surface area contributed by atoms with E-state index in [2.05, 4.69) is 12.2 Å². The third-order valence-electron chi connectivity index (χ3n) is 4.59. The van der Waals surface area contributed by atoms with Gasteiger partial charge in [-0.25, -0.2) is 0 Å². The molecule has 3 N–H and O–H groups in total. The van der Waals surface area contributed by atoms with Crippen LogP contribution in [0.25, 0.3) is 0 Å². The topological polar surface area (TPSA) is 64.3 Å². The SMILES string of the molecule is CC1CC(C(=O)NCCOC2CCCCC2)(C(N)=S)C1. The molecule has 0 aromatic heterocycles.